The maximum absolute atomic E-state index is 13.3. The fraction of sp³-hybridized carbons (Fsp3) is 0.440. The summed E-state index contributed by atoms with van der Waals surface area (Å²) in [6.07, 6.45) is 2.12. The van der Waals surface area contributed by atoms with Crippen molar-refractivity contribution in [1.29, 1.82) is 0 Å². The van der Waals surface area contributed by atoms with Gasteiger partial charge >= 0.3 is 0 Å². The third-order valence-electron chi connectivity index (χ3n) is 5.77. The van der Waals surface area contributed by atoms with Crippen LogP contribution in [0, 0.1) is 0 Å². The Hall–Kier alpha value is -2.00. The van der Waals surface area contributed by atoms with Gasteiger partial charge in [-0.1, -0.05) is 53.9 Å². The number of halogens is 3. The topological polar surface area (TPSA) is 86.8 Å². The minimum Gasteiger partial charge on any atom is -0.352 e. The highest BCUT2D eigenvalue weighted by Gasteiger charge is 2.28. The molecule has 36 heavy (non-hydrogen) atoms. The average Bonchev–Trinajstić information content (AvgIpc) is 2.79. The number of amides is 2. The zero-order valence-electron chi connectivity index (χ0n) is 20.8. The zero-order valence-corrected chi connectivity index (χ0v) is 23.9. The fourth-order valence-corrected chi connectivity index (χ4v) is 5.13. The number of hydrogen-bond donors (Lipinski definition) is 1. The van der Waals surface area contributed by atoms with Crippen LogP contribution in [-0.2, 0) is 26.2 Å². The van der Waals surface area contributed by atoms with Crippen molar-refractivity contribution < 1.29 is 18.0 Å². The highest BCUT2D eigenvalue weighted by atomic mass is 35.5. The Morgan fingerprint density at radius 3 is 2.28 bits per heavy atom. The van der Waals surface area contributed by atoms with Crippen LogP contribution in [0.4, 0.5) is 5.69 Å². The summed E-state index contributed by atoms with van der Waals surface area (Å²) in [5, 5.41) is 4.17. The lowest BCUT2D eigenvalue weighted by atomic mass is 10.1. The minimum absolute atomic E-state index is 0.0265. The lowest BCUT2D eigenvalue weighted by Crippen LogP contribution is -2.49. The summed E-state index contributed by atoms with van der Waals surface area (Å²) in [5.41, 5.74) is 1.07. The van der Waals surface area contributed by atoms with E-state index in [1.54, 1.807) is 49.4 Å². The van der Waals surface area contributed by atoms with Crippen molar-refractivity contribution in [2.75, 3.05) is 17.1 Å². The summed E-state index contributed by atoms with van der Waals surface area (Å²) in [5.74, 6) is -0.577. The molecule has 2 aromatic carbocycles. The molecular formula is C25H32Cl3N3O4S. The molecule has 0 saturated carbocycles. The molecular weight excluding hydrogens is 545 g/mol. The first-order valence-corrected chi connectivity index (χ1v) is 14.6. The molecule has 7 nitrogen and oxygen atoms in total. The number of nitrogens with zero attached hydrogens (tertiary/aromatic N) is 2. The van der Waals surface area contributed by atoms with E-state index in [0.29, 0.717) is 26.3 Å². The molecule has 0 heterocycles. The van der Waals surface area contributed by atoms with Crippen molar-refractivity contribution in [1.82, 2.24) is 10.2 Å². The van der Waals surface area contributed by atoms with Crippen LogP contribution in [0.25, 0.3) is 0 Å². The molecule has 0 spiro atoms. The summed E-state index contributed by atoms with van der Waals surface area (Å²) < 4.78 is 26.0. The van der Waals surface area contributed by atoms with Gasteiger partial charge in [-0.2, -0.15) is 0 Å². The van der Waals surface area contributed by atoms with Gasteiger partial charge in [-0.05, 0) is 62.6 Å². The van der Waals surface area contributed by atoms with E-state index < -0.39 is 16.1 Å². The van der Waals surface area contributed by atoms with Crippen molar-refractivity contribution in [3.8, 4) is 0 Å². The second-order valence-corrected chi connectivity index (χ2v) is 11.9. The average molecular weight is 577 g/mol. The molecule has 0 aliphatic rings. The number of nitrogens with one attached hydrogen (secondary N) is 1. The molecule has 2 rings (SSSR count). The first kappa shape index (κ1) is 30.2. The molecule has 0 fully saturated rings. The molecule has 0 bridgehead atoms. The lowest BCUT2D eigenvalue weighted by Gasteiger charge is -2.30. The van der Waals surface area contributed by atoms with Crippen LogP contribution in [0.5, 0.6) is 0 Å². The van der Waals surface area contributed by atoms with Gasteiger partial charge < -0.3 is 10.2 Å². The highest BCUT2D eigenvalue weighted by molar-refractivity contribution is 7.92. The van der Waals surface area contributed by atoms with Crippen molar-refractivity contribution in [2.24, 2.45) is 0 Å². The third kappa shape index (κ3) is 8.83. The second kappa shape index (κ2) is 13.5. The fourth-order valence-electron chi connectivity index (χ4n) is 3.52. The van der Waals surface area contributed by atoms with E-state index in [1.165, 1.54) is 9.21 Å². The molecule has 2 amide bonds. The third-order valence-corrected chi connectivity index (χ3v) is 7.79. The van der Waals surface area contributed by atoms with Crippen molar-refractivity contribution in [2.45, 2.75) is 58.7 Å². The smallest absolute Gasteiger partial charge is 0.242 e. The highest BCUT2D eigenvalue weighted by Crippen LogP contribution is 2.25. The van der Waals surface area contributed by atoms with Crippen LogP contribution in [0.2, 0.25) is 15.1 Å². The summed E-state index contributed by atoms with van der Waals surface area (Å²) in [6, 6.07) is 10.7. The van der Waals surface area contributed by atoms with E-state index in [4.69, 9.17) is 34.8 Å². The van der Waals surface area contributed by atoms with Gasteiger partial charge in [0.1, 0.15) is 6.04 Å². The molecule has 2 unspecified atom stereocenters. The molecule has 11 heteroatoms. The molecule has 2 atom stereocenters. The van der Waals surface area contributed by atoms with E-state index >= 15 is 0 Å². The Morgan fingerprint density at radius 1 is 1.03 bits per heavy atom. The van der Waals surface area contributed by atoms with Crippen LogP contribution in [0.15, 0.2) is 42.5 Å². The number of sulfonamides is 1. The molecule has 0 saturated heterocycles. The Balaban J connectivity index is 2.21. The maximum Gasteiger partial charge on any atom is 0.242 e. The van der Waals surface area contributed by atoms with Gasteiger partial charge in [0.15, 0.2) is 0 Å². The van der Waals surface area contributed by atoms with Gasteiger partial charge in [-0.15, -0.1) is 0 Å². The Morgan fingerprint density at radius 2 is 1.69 bits per heavy atom. The largest absolute Gasteiger partial charge is 0.352 e. The molecule has 0 radical (unpaired) electrons. The van der Waals surface area contributed by atoms with Gasteiger partial charge in [-0.25, -0.2) is 8.42 Å². The SMILES string of the molecule is CCC(C)NC(=O)C(C)N(Cc1ccc(Cl)cc1Cl)C(=O)CCCN(c1cccc(Cl)c1)S(C)(=O)=O. The molecule has 0 aliphatic heterocycles. The number of carbonyl (C=O) groups excluding carboxylic acids is 2. The number of rotatable bonds is 12. The molecule has 0 aliphatic carbocycles. The predicted octanol–water partition coefficient (Wildman–Crippen LogP) is 5.53. The van der Waals surface area contributed by atoms with E-state index in [-0.39, 0.29) is 43.8 Å². The normalized spacial score (nSPS) is 13.1. The summed E-state index contributed by atoms with van der Waals surface area (Å²) in [4.78, 5) is 27.7. The second-order valence-electron chi connectivity index (χ2n) is 8.67. The van der Waals surface area contributed by atoms with E-state index in [1.807, 2.05) is 13.8 Å². The first-order valence-electron chi connectivity index (χ1n) is 11.6. The number of hydrogen-bond acceptors (Lipinski definition) is 4. The maximum atomic E-state index is 13.3. The van der Waals surface area contributed by atoms with Gasteiger partial charge in [0.2, 0.25) is 21.8 Å². The molecule has 2 aromatic rings. The van der Waals surface area contributed by atoms with Crippen molar-refractivity contribution >= 4 is 62.3 Å². The van der Waals surface area contributed by atoms with Crippen molar-refractivity contribution in [3.63, 3.8) is 0 Å². The van der Waals surface area contributed by atoms with E-state index in [0.717, 1.165) is 12.7 Å². The van der Waals surface area contributed by atoms with Crippen LogP contribution in [-0.4, -0.2) is 50.0 Å². The quantitative estimate of drug-likeness (QED) is 0.360. The monoisotopic (exact) mass is 575 g/mol. The van der Waals surface area contributed by atoms with Crippen LogP contribution >= 0.6 is 34.8 Å². The Kier molecular flexibility index (Phi) is 11.3. The summed E-state index contributed by atoms with van der Waals surface area (Å²) in [6.45, 7) is 5.69. The number of benzene rings is 2. The lowest BCUT2D eigenvalue weighted by molar-refractivity contribution is -0.140. The zero-order chi connectivity index (χ0) is 27.0. The van der Waals surface area contributed by atoms with E-state index in [2.05, 4.69) is 5.32 Å². The molecule has 1 N–H and O–H groups in total. The first-order chi connectivity index (χ1) is 16.8. The van der Waals surface area contributed by atoms with Gasteiger partial charge in [-0.3, -0.25) is 13.9 Å². The Labute approximate surface area is 228 Å². The number of carbonyl (C=O) groups is 2. The Bertz CT molecular complexity index is 1180. The van der Waals surface area contributed by atoms with Crippen LogP contribution in [0.3, 0.4) is 0 Å². The van der Waals surface area contributed by atoms with Crippen LogP contribution < -0.4 is 9.62 Å². The molecule has 0 aromatic heterocycles. The van der Waals surface area contributed by atoms with Crippen LogP contribution in [0.1, 0.15) is 45.6 Å². The van der Waals surface area contributed by atoms with Gasteiger partial charge in [0.05, 0.1) is 11.9 Å². The van der Waals surface area contributed by atoms with Crippen molar-refractivity contribution in [3.05, 3.63) is 63.1 Å². The predicted molar refractivity (Wildman–Crippen MR) is 147 cm³/mol. The van der Waals surface area contributed by atoms with E-state index in [9.17, 15) is 18.0 Å². The minimum atomic E-state index is -3.60. The standard InChI is InChI=1S/C25H32Cl3N3O4S/c1-5-17(2)29-25(33)18(3)30(16-19-11-12-21(27)15-23(19)28)24(32)10-7-13-31(36(4,34)35)22-9-6-8-20(26)14-22/h6,8-9,11-12,14-15,17-18H,5,7,10,13,16H2,1-4H3,(H,29,33). The summed E-state index contributed by atoms with van der Waals surface area (Å²) >= 11 is 18.4. The van der Waals surface area contributed by atoms with Gasteiger partial charge in [0, 0.05) is 40.6 Å². The van der Waals surface area contributed by atoms with Gasteiger partial charge in [0.25, 0.3) is 0 Å². The molecule has 198 valence electrons. The number of anilines is 1. The summed E-state index contributed by atoms with van der Waals surface area (Å²) in [7, 11) is -3.60.